The Morgan fingerprint density at radius 2 is 2.05 bits per heavy atom. The van der Waals surface area contributed by atoms with Gasteiger partial charge in [-0.15, -0.1) is 11.8 Å². The van der Waals surface area contributed by atoms with Gasteiger partial charge in [0.05, 0.1) is 6.26 Å². The van der Waals surface area contributed by atoms with Gasteiger partial charge in [-0.05, 0) is 37.1 Å². The number of aryl methyl sites for hydroxylation is 2. The van der Waals surface area contributed by atoms with Crippen molar-refractivity contribution in [2.75, 3.05) is 17.6 Å². The maximum Gasteiger partial charge on any atom is 0.323 e. The van der Waals surface area contributed by atoms with Crippen molar-refractivity contribution in [3.63, 3.8) is 0 Å². The number of benzene rings is 1. The van der Waals surface area contributed by atoms with Crippen molar-refractivity contribution < 1.29 is 9.21 Å². The smallest absolute Gasteiger partial charge is 0.323 e. The molecule has 2 amide bonds. The number of hydrogen-bond acceptors (Lipinski definition) is 3. The maximum absolute atomic E-state index is 12.6. The lowest BCUT2D eigenvalue weighted by Crippen LogP contribution is -2.34. The van der Waals surface area contributed by atoms with Crippen LogP contribution < -0.4 is 5.32 Å². The summed E-state index contributed by atoms with van der Waals surface area (Å²) in [7, 11) is 0. The van der Waals surface area contributed by atoms with E-state index in [9.17, 15) is 4.79 Å². The Kier molecular flexibility index (Phi) is 3.92. The van der Waals surface area contributed by atoms with Crippen LogP contribution in [0.5, 0.6) is 0 Å². The van der Waals surface area contributed by atoms with E-state index in [2.05, 4.69) is 5.32 Å². The molecule has 1 fully saturated rings. The zero-order chi connectivity index (χ0) is 14.8. The lowest BCUT2D eigenvalue weighted by molar-refractivity contribution is 0.209. The molecule has 2 aromatic rings. The summed E-state index contributed by atoms with van der Waals surface area (Å²) in [4.78, 5) is 14.4. The van der Waals surface area contributed by atoms with Crippen LogP contribution in [-0.2, 0) is 0 Å². The van der Waals surface area contributed by atoms with Crippen LogP contribution in [0.4, 0.5) is 10.5 Å². The first-order valence-corrected chi connectivity index (χ1v) is 8.00. The highest BCUT2D eigenvalue weighted by atomic mass is 32.2. The number of carbonyl (C=O) groups excluding carboxylic acids is 1. The highest BCUT2D eigenvalue weighted by molar-refractivity contribution is 7.99. The van der Waals surface area contributed by atoms with E-state index in [1.54, 1.807) is 18.0 Å². The van der Waals surface area contributed by atoms with E-state index in [1.165, 1.54) is 0 Å². The summed E-state index contributed by atoms with van der Waals surface area (Å²) in [6.07, 6.45) is 1.65. The Hall–Kier alpha value is -1.88. The van der Waals surface area contributed by atoms with Crippen molar-refractivity contribution in [3.8, 4) is 0 Å². The van der Waals surface area contributed by atoms with Gasteiger partial charge in [0.15, 0.2) is 0 Å². The standard InChI is InChI=1S/C16H18N2O2S/c1-11-5-3-6-12(2)14(11)17-16(19)18-8-10-21-15(18)13-7-4-9-20-13/h3-7,9,15H,8,10H2,1-2H3,(H,17,19)/t15-/m0/s1. The molecule has 4 nitrogen and oxygen atoms in total. The first kappa shape index (κ1) is 14.1. The van der Waals surface area contributed by atoms with E-state index in [0.717, 1.165) is 34.9 Å². The summed E-state index contributed by atoms with van der Waals surface area (Å²) >= 11 is 1.73. The van der Waals surface area contributed by atoms with Gasteiger partial charge < -0.3 is 14.6 Å². The second-order valence-corrected chi connectivity index (χ2v) is 6.32. The minimum Gasteiger partial charge on any atom is -0.466 e. The summed E-state index contributed by atoms with van der Waals surface area (Å²) in [5.41, 5.74) is 3.05. The van der Waals surface area contributed by atoms with Gasteiger partial charge in [0, 0.05) is 18.0 Å². The molecule has 1 aliphatic heterocycles. The van der Waals surface area contributed by atoms with Crippen LogP contribution in [0.2, 0.25) is 0 Å². The maximum atomic E-state index is 12.6. The SMILES string of the molecule is Cc1cccc(C)c1NC(=O)N1CCS[C@H]1c1ccco1. The molecule has 1 aliphatic rings. The fraction of sp³-hybridized carbons (Fsp3) is 0.312. The van der Waals surface area contributed by atoms with E-state index < -0.39 is 0 Å². The van der Waals surface area contributed by atoms with Crippen molar-refractivity contribution in [2.24, 2.45) is 0 Å². The minimum atomic E-state index is -0.0706. The minimum absolute atomic E-state index is 0.0377. The Balaban J connectivity index is 1.79. The fourth-order valence-corrected chi connectivity index (χ4v) is 3.74. The average Bonchev–Trinajstić information content (AvgIpc) is 3.12. The Morgan fingerprint density at radius 3 is 2.71 bits per heavy atom. The molecule has 5 heteroatoms. The molecule has 0 aliphatic carbocycles. The molecular weight excluding hydrogens is 284 g/mol. The van der Waals surface area contributed by atoms with Crippen LogP contribution >= 0.6 is 11.8 Å². The van der Waals surface area contributed by atoms with E-state index in [0.29, 0.717) is 0 Å². The molecular formula is C16H18N2O2S. The lowest BCUT2D eigenvalue weighted by Gasteiger charge is -2.23. The van der Waals surface area contributed by atoms with Crippen molar-refractivity contribution >= 4 is 23.5 Å². The molecule has 3 rings (SSSR count). The lowest BCUT2D eigenvalue weighted by atomic mass is 10.1. The van der Waals surface area contributed by atoms with Crippen molar-refractivity contribution in [1.29, 1.82) is 0 Å². The molecule has 0 saturated carbocycles. The van der Waals surface area contributed by atoms with Crippen LogP contribution in [0.25, 0.3) is 0 Å². The highest BCUT2D eigenvalue weighted by Gasteiger charge is 2.32. The monoisotopic (exact) mass is 302 g/mol. The Morgan fingerprint density at radius 1 is 1.29 bits per heavy atom. The molecule has 0 unspecified atom stereocenters. The molecule has 1 atom stereocenters. The summed E-state index contributed by atoms with van der Waals surface area (Å²) in [5.74, 6) is 1.75. The van der Waals surface area contributed by atoms with Gasteiger partial charge in [-0.2, -0.15) is 0 Å². The van der Waals surface area contributed by atoms with Gasteiger partial charge in [-0.1, -0.05) is 18.2 Å². The average molecular weight is 302 g/mol. The molecule has 1 N–H and O–H groups in total. The largest absolute Gasteiger partial charge is 0.466 e. The highest BCUT2D eigenvalue weighted by Crippen LogP contribution is 2.38. The number of amides is 2. The van der Waals surface area contributed by atoms with Gasteiger partial charge >= 0.3 is 6.03 Å². The normalized spacial score (nSPS) is 18.0. The van der Waals surface area contributed by atoms with Crippen molar-refractivity contribution in [3.05, 3.63) is 53.5 Å². The van der Waals surface area contributed by atoms with Gasteiger partial charge in [0.2, 0.25) is 0 Å². The third-order valence-electron chi connectivity index (χ3n) is 3.65. The zero-order valence-corrected chi connectivity index (χ0v) is 12.9. The number of carbonyl (C=O) groups is 1. The van der Waals surface area contributed by atoms with Crippen LogP contribution in [0, 0.1) is 13.8 Å². The Labute approximate surface area is 128 Å². The number of thioether (sulfide) groups is 1. The van der Waals surface area contributed by atoms with E-state index >= 15 is 0 Å². The topological polar surface area (TPSA) is 45.5 Å². The first-order valence-electron chi connectivity index (χ1n) is 6.95. The van der Waals surface area contributed by atoms with E-state index in [-0.39, 0.29) is 11.4 Å². The van der Waals surface area contributed by atoms with Crippen LogP contribution in [-0.4, -0.2) is 23.2 Å². The summed E-state index contributed by atoms with van der Waals surface area (Å²) in [5, 5.41) is 3.01. The summed E-state index contributed by atoms with van der Waals surface area (Å²) < 4.78 is 5.45. The summed E-state index contributed by atoms with van der Waals surface area (Å²) in [6, 6.07) is 9.71. The number of anilines is 1. The van der Waals surface area contributed by atoms with Crippen LogP contribution in [0.15, 0.2) is 41.0 Å². The van der Waals surface area contributed by atoms with Gasteiger partial charge in [0.25, 0.3) is 0 Å². The number of rotatable bonds is 2. The third-order valence-corrected chi connectivity index (χ3v) is 4.87. The number of furan rings is 1. The van der Waals surface area contributed by atoms with Crippen molar-refractivity contribution in [2.45, 2.75) is 19.2 Å². The Bertz CT molecular complexity index is 619. The first-order chi connectivity index (χ1) is 10.2. The van der Waals surface area contributed by atoms with Gasteiger partial charge in [-0.25, -0.2) is 4.79 Å². The van der Waals surface area contributed by atoms with E-state index in [1.807, 2.05) is 49.1 Å². The molecule has 1 aromatic heterocycles. The second-order valence-electron chi connectivity index (χ2n) is 5.13. The molecule has 1 saturated heterocycles. The molecule has 0 radical (unpaired) electrons. The van der Waals surface area contributed by atoms with Crippen LogP contribution in [0.1, 0.15) is 22.3 Å². The molecule has 110 valence electrons. The molecule has 0 bridgehead atoms. The number of nitrogens with zero attached hydrogens (tertiary/aromatic N) is 1. The number of nitrogens with one attached hydrogen (secondary N) is 1. The molecule has 0 spiro atoms. The quantitative estimate of drug-likeness (QED) is 0.905. The molecule has 1 aromatic carbocycles. The zero-order valence-electron chi connectivity index (χ0n) is 12.1. The van der Waals surface area contributed by atoms with Gasteiger partial charge in [0.1, 0.15) is 11.1 Å². The number of hydrogen-bond donors (Lipinski definition) is 1. The number of urea groups is 1. The fourth-order valence-electron chi connectivity index (χ4n) is 2.54. The predicted molar refractivity (Wildman–Crippen MR) is 85.5 cm³/mol. The molecule has 21 heavy (non-hydrogen) atoms. The number of para-hydroxylation sites is 1. The second kappa shape index (κ2) is 5.85. The third kappa shape index (κ3) is 2.78. The van der Waals surface area contributed by atoms with Gasteiger partial charge in [-0.3, -0.25) is 0 Å². The molecule has 2 heterocycles. The summed E-state index contributed by atoms with van der Waals surface area (Å²) in [6.45, 7) is 4.74. The van der Waals surface area contributed by atoms with E-state index in [4.69, 9.17) is 4.42 Å². The predicted octanol–water partition coefficient (Wildman–Crippen LogP) is 4.18. The van der Waals surface area contributed by atoms with Crippen molar-refractivity contribution in [1.82, 2.24) is 4.90 Å². The van der Waals surface area contributed by atoms with Crippen LogP contribution in [0.3, 0.4) is 0 Å².